The lowest BCUT2D eigenvalue weighted by molar-refractivity contribution is -0.139. The van der Waals surface area contributed by atoms with E-state index >= 15 is 0 Å². The smallest absolute Gasteiger partial charge is 0.290 e. The molecule has 0 bridgehead atoms. The van der Waals surface area contributed by atoms with Crippen LogP contribution in [0.4, 0.5) is 5.69 Å². The van der Waals surface area contributed by atoms with Gasteiger partial charge in [0.1, 0.15) is 5.58 Å². The average molecular weight is 488 g/mol. The molecule has 36 heavy (non-hydrogen) atoms. The topological polar surface area (TPSA) is 94.3 Å². The zero-order valence-corrected chi connectivity index (χ0v) is 20.7. The second-order valence-electron chi connectivity index (χ2n) is 9.50. The zero-order chi connectivity index (χ0) is 25.6. The molecule has 0 unspecified atom stereocenters. The molecule has 0 fully saturated rings. The van der Waals surface area contributed by atoms with Crippen LogP contribution in [-0.2, 0) is 15.1 Å². The zero-order valence-electron chi connectivity index (χ0n) is 20.7. The van der Waals surface area contributed by atoms with Crippen LogP contribution in [0.2, 0.25) is 0 Å². The minimum atomic E-state index is -1.75. The van der Waals surface area contributed by atoms with E-state index in [1.807, 2.05) is 50.2 Å². The Morgan fingerprint density at radius 2 is 1.78 bits per heavy atom. The third kappa shape index (κ3) is 3.36. The molecule has 1 atom stereocenters. The fraction of sp³-hybridized carbons (Fsp3) is 0.321. The maximum absolute atomic E-state index is 14.3. The van der Waals surface area contributed by atoms with E-state index in [0.29, 0.717) is 48.2 Å². The first kappa shape index (κ1) is 23.8. The number of hydrogen-bond acceptors (Lipinski definition) is 6. The van der Waals surface area contributed by atoms with Gasteiger partial charge in [-0.15, -0.1) is 0 Å². The van der Waals surface area contributed by atoms with Crippen LogP contribution in [0.1, 0.15) is 35.9 Å². The van der Waals surface area contributed by atoms with Crippen LogP contribution < -0.4 is 4.90 Å². The Hall–Kier alpha value is -3.91. The molecule has 0 radical (unpaired) electrons. The van der Waals surface area contributed by atoms with Crippen LogP contribution >= 0.6 is 0 Å². The highest BCUT2D eigenvalue weighted by Crippen LogP contribution is 2.53. The van der Waals surface area contributed by atoms with Crippen molar-refractivity contribution in [3.05, 3.63) is 77.3 Å². The molecule has 1 N–H and O–H groups in total. The van der Waals surface area contributed by atoms with E-state index in [1.165, 1.54) is 4.90 Å². The number of fused-ring (bicyclic) bond motifs is 3. The number of carbonyl (C=O) groups excluding carboxylic acids is 3. The molecule has 0 saturated heterocycles. The van der Waals surface area contributed by atoms with Crippen molar-refractivity contribution in [2.45, 2.75) is 25.3 Å². The Morgan fingerprint density at radius 1 is 1.06 bits per heavy atom. The van der Waals surface area contributed by atoms with Gasteiger partial charge in [-0.1, -0.05) is 43.3 Å². The van der Waals surface area contributed by atoms with Gasteiger partial charge in [0.15, 0.2) is 17.1 Å². The maximum Gasteiger partial charge on any atom is 0.290 e. The quantitative estimate of drug-likeness (QED) is 0.485. The fourth-order valence-corrected chi connectivity index (χ4v) is 5.38. The molecule has 1 aromatic heterocycles. The van der Waals surface area contributed by atoms with Gasteiger partial charge >= 0.3 is 0 Å². The van der Waals surface area contributed by atoms with Gasteiger partial charge < -0.3 is 24.2 Å². The molecule has 8 nitrogen and oxygen atoms in total. The highest BCUT2D eigenvalue weighted by Gasteiger charge is 2.65. The van der Waals surface area contributed by atoms with Crippen molar-refractivity contribution in [2.24, 2.45) is 0 Å². The maximum atomic E-state index is 14.3. The van der Waals surface area contributed by atoms with Crippen molar-refractivity contribution in [1.29, 1.82) is 0 Å². The van der Waals surface area contributed by atoms with E-state index in [4.69, 9.17) is 4.42 Å². The summed E-state index contributed by atoms with van der Waals surface area (Å²) >= 11 is 0. The van der Waals surface area contributed by atoms with Gasteiger partial charge in [-0.3, -0.25) is 14.4 Å². The monoisotopic (exact) mass is 487 g/mol. The Bertz CT molecular complexity index is 1370. The summed E-state index contributed by atoms with van der Waals surface area (Å²) in [6.07, 6.45) is 1.25. The lowest BCUT2D eigenvalue weighted by Crippen LogP contribution is -2.54. The fourth-order valence-electron chi connectivity index (χ4n) is 5.38. The van der Waals surface area contributed by atoms with Crippen LogP contribution in [-0.4, -0.2) is 66.2 Å². The summed E-state index contributed by atoms with van der Waals surface area (Å²) in [6, 6.07) is 15.9. The summed E-state index contributed by atoms with van der Waals surface area (Å²) in [4.78, 5) is 46.8. The summed E-state index contributed by atoms with van der Waals surface area (Å²) in [6.45, 7) is 3.24. The number of rotatable bonds is 8. The first-order chi connectivity index (χ1) is 17.3. The molecular weight excluding hydrogens is 458 g/mol. The SMILES string of the molecule is CCCN1C(=O)[C@]2(C(C(=O)c3cc4ccccc4o3)=C(O)C(=O)N2CCCN(C)C)c2ccccc21. The molecule has 0 saturated carbocycles. The van der Waals surface area contributed by atoms with Crippen LogP contribution in [0.15, 0.2) is 70.3 Å². The molecule has 1 spiro atoms. The van der Waals surface area contributed by atoms with E-state index < -0.39 is 28.9 Å². The molecule has 0 aliphatic carbocycles. The van der Waals surface area contributed by atoms with Crippen molar-refractivity contribution < 1.29 is 23.9 Å². The number of para-hydroxylation sites is 2. The summed E-state index contributed by atoms with van der Waals surface area (Å²) in [5.41, 5.74) is -0.333. The minimum absolute atomic E-state index is 0.0284. The number of amides is 2. The normalized spacial score (nSPS) is 19.4. The van der Waals surface area contributed by atoms with Crippen LogP contribution in [0.25, 0.3) is 11.0 Å². The first-order valence-electron chi connectivity index (χ1n) is 12.2. The van der Waals surface area contributed by atoms with Crippen molar-refractivity contribution in [3.63, 3.8) is 0 Å². The highest BCUT2D eigenvalue weighted by molar-refractivity contribution is 6.26. The van der Waals surface area contributed by atoms with Crippen molar-refractivity contribution in [2.75, 3.05) is 38.6 Å². The number of nitrogens with zero attached hydrogens (tertiary/aromatic N) is 3. The minimum Gasteiger partial charge on any atom is -0.503 e. The number of carbonyl (C=O) groups is 3. The van der Waals surface area contributed by atoms with Gasteiger partial charge in [0.2, 0.25) is 5.78 Å². The number of furan rings is 1. The largest absolute Gasteiger partial charge is 0.503 e. The van der Waals surface area contributed by atoms with Crippen molar-refractivity contribution in [1.82, 2.24) is 9.80 Å². The molecule has 2 aliphatic rings. The van der Waals surface area contributed by atoms with Gasteiger partial charge in [-0.2, -0.15) is 0 Å². The van der Waals surface area contributed by atoms with Crippen molar-refractivity contribution in [3.8, 4) is 0 Å². The lowest BCUT2D eigenvalue weighted by atomic mass is 9.81. The van der Waals surface area contributed by atoms with Gasteiger partial charge in [-0.05, 0) is 51.7 Å². The molecule has 2 aromatic carbocycles. The number of hydrogen-bond donors (Lipinski definition) is 1. The van der Waals surface area contributed by atoms with E-state index in [1.54, 1.807) is 35.2 Å². The van der Waals surface area contributed by atoms with Crippen LogP contribution in [0, 0.1) is 0 Å². The summed E-state index contributed by atoms with van der Waals surface area (Å²) < 4.78 is 5.82. The van der Waals surface area contributed by atoms with E-state index in [2.05, 4.69) is 0 Å². The molecule has 8 heteroatoms. The molecule has 2 aliphatic heterocycles. The predicted octanol–water partition coefficient (Wildman–Crippen LogP) is 3.87. The van der Waals surface area contributed by atoms with Gasteiger partial charge in [0.05, 0.1) is 11.3 Å². The van der Waals surface area contributed by atoms with E-state index in [-0.39, 0.29) is 17.9 Å². The Morgan fingerprint density at radius 3 is 2.50 bits per heavy atom. The van der Waals surface area contributed by atoms with Gasteiger partial charge in [0, 0.05) is 24.0 Å². The summed E-state index contributed by atoms with van der Waals surface area (Å²) in [5.74, 6) is -2.54. The van der Waals surface area contributed by atoms with Gasteiger partial charge in [-0.25, -0.2) is 0 Å². The number of anilines is 1. The Kier molecular flexibility index (Phi) is 5.92. The molecule has 5 rings (SSSR count). The summed E-state index contributed by atoms with van der Waals surface area (Å²) in [5, 5.41) is 11.9. The number of aliphatic hydroxyl groups excluding tert-OH is 1. The molecule has 3 aromatic rings. The molecule has 3 heterocycles. The second-order valence-corrected chi connectivity index (χ2v) is 9.50. The average Bonchev–Trinajstić information content (AvgIpc) is 3.47. The number of Topliss-reactive ketones (excluding diaryl/α,β-unsaturated/α-hetero) is 1. The third-order valence-corrected chi connectivity index (χ3v) is 6.90. The lowest BCUT2D eigenvalue weighted by Gasteiger charge is -2.36. The number of aliphatic hydroxyl groups is 1. The Balaban J connectivity index is 1.71. The number of ketones is 1. The predicted molar refractivity (Wildman–Crippen MR) is 136 cm³/mol. The Labute approximate surface area is 209 Å². The first-order valence-corrected chi connectivity index (χ1v) is 12.2. The molecule has 2 amide bonds. The third-order valence-electron chi connectivity index (χ3n) is 6.90. The molecule has 186 valence electrons. The summed E-state index contributed by atoms with van der Waals surface area (Å²) in [7, 11) is 3.85. The standard InChI is InChI=1S/C28H29N3O5/c1-4-14-30-20-12-7-6-11-19(20)28(27(30)35)23(25(33)26(34)31(28)16-9-15-29(2)3)24(32)22-17-18-10-5-8-13-21(18)36-22/h5-8,10-13,17,33H,4,9,14-16H2,1-3H3/t28-/m1/s1. The van der Waals surface area contributed by atoms with E-state index in [0.717, 1.165) is 0 Å². The number of benzene rings is 2. The van der Waals surface area contributed by atoms with E-state index in [9.17, 15) is 19.5 Å². The highest BCUT2D eigenvalue weighted by atomic mass is 16.3. The second kappa shape index (κ2) is 8.95. The van der Waals surface area contributed by atoms with Crippen molar-refractivity contribution >= 4 is 34.3 Å². The van der Waals surface area contributed by atoms with Gasteiger partial charge in [0.25, 0.3) is 11.8 Å². The van der Waals surface area contributed by atoms with Crippen LogP contribution in [0.3, 0.4) is 0 Å². The van der Waals surface area contributed by atoms with Crippen LogP contribution in [0.5, 0.6) is 0 Å². The molecular formula is C28H29N3O5.